The molecule has 21 heavy (non-hydrogen) atoms. The summed E-state index contributed by atoms with van der Waals surface area (Å²) in [7, 11) is 2.17. The maximum atomic E-state index is 5.91. The molecule has 2 heterocycles. The Bertz CT molecular complexity index is 599. The largest absolute Gasteiger partial charge is 0.311 e. The van der Waals surface area contributed by atoms with Gasteiger partial charge in [0, 0.05) is 42.1 Å². The van der Waals surface area contributed by atoms with Crippen molar-refractivity contribution in [2.75, 3.05) is 19.5 Å². The summed E-state index contributed by atoms with van der Waals surface area (Å²) in [4.78, 5) is 11.6. The van der Waals surface area contributed by atoms with Gasteiger partial charge in [0.25, 0.3) is 0 Å². The molecule has 0 radical (unpaired) electrons. The third kappa shape index (κ3) is 3.96. The molecule has 0 saturated carbocycles. The van der Waals surface area contributed by atoms with Crippen molar-refractivity contribution in [2.24, 2.45) is 0 Å². The Labute approximate surface area is 139 Å². The van der Waals surface area contributed by atoms with Gasteiger partial charge in [0.2, 0.25) is 0 Å². The van der Waals surface area contributed by atoms with Crippen molar-refractivity contribution in [3.63, 3.8) is 0 Å². The molecule has 116 valence electrons. The van der Waals surface area contributed by atoms with Crippen molar-refractivity contribution < 1.29 is 0 Å². The van der Waals surface area contributed by atoms with Gasteiger partial charge >= 0.3 is 0 Å². The second kappa shape index (κ2) is 7.56. The monoisotopic (exact) mass is 372 g/mol. The summed E-state index contributed by atoms with van der Waals surface area (Å²) >= 11 is 9.36. The minimum atomic E-state index is 0.575. The zero-order chi connectivity index (χ0) is 15.4. The lowest BCUT2D eigenvalue weighted by molar-refractivity contribution is 0.242. The van der Waals surface area contributed by atoms with Crippen LogP contribution in [0.15, 0.2) is 16.7 Å². The van der Waals surface area contributed by atoms with Crippen LogP contribution in [0.3, 0.4) is 0 Å². The van der Waals surface area contributed by atoms with Crippen molar-refractivity contribution in [1.29, 1.82) is 0 Å². The van der Waals surface area contributed by atoms with Crippen LogP contribution < -0.4 is 0 Å². The molecule has 2 aromatic heterocycles. The van der Waals surface area contributed by atoms with Crippen LogP contribution in [0.1, 0.15) is 26.1 Å². The van der Waals surface area contributed by atoms with Gasteiger partial charge in [-0.25, -0.2) is 9.97 Å². The Kier molecular flexibility index (Phi) is 6.02. The Morgan fingerprint density at radius 1 is 1.48 bits per heavy atom. The van der Waals surface area contributed by atoms with E-state index in [1.807, 2.05) is 12.3 Å². The van der Waals surface area contributed by atoms with Crippen molar-refractivity contribution >= 4 is 38.7 Å². The van der Waals surface area contributed by atoms with Crippen LogP contribution in [0.2, 0.25) is 0 Å². The second-order valence-electron chi connectivity index (χ2n) is 5.35. The zero-order valence-electron chi connectivity index (χ0n) is 12.8. The van der Waals surface area contributed by atoms with Gasteiger partial charge in [-0.05, 0) is 42.4 Å². The van der Waals surface area contributed by atoms with E-state index in [4.69, 9.17) is 11.6 Å². The highest BCUT2D eigenvalue weighted by Gasteiger charge is 2.13. The maximum absolute atomic E-state index is 5.91. The van der Waals surface area contributed by atoms with E-state index in [0.717, 1.165) is 47.4 Å². The molecule has 0 spiro atoms. The quantitative estimate of drug-likeness (QED) is 0.694. The van der Waals surface area contributed by atoms with Gasteiger partial charge in [0.05, 0.1) is 0 Å². The minimum Gasteiger partial charge on any atom is -0.311 e. The van der Waals surface area contributed by atoms with Gasteiger partial charge in [-0.2, -0.15) is 0 Å². The molecule has 0 saturated heterocycles. The second-order valence-corrected chi connectivity index (χ2v) is 6.65. The third-order valence-corrected chi connectivity index (χ3v) is 4.59. The van der Waals surface area contributed by atoms with Crippen LogP contribution in [0.4, 0.5) is 0 Å². The Morgan fingerprint density at radius 2 is 2.24 bits per heavy atom. The number of likely N-dealkylation sites (N-methyl/N-ethyl adjacent to an activating group) is 1. The summed E-state index contributed by atoms with van der Waals surface area (Å²) in [6.07, 6.45) is 3.74. The summed E-state index contributed by atoms with van der Waals surface area (Å²) in [6.45, 7) is 6.33. The summed E-state index contributed by atoms with van der Waals surface area (Å²) in [6, 6.07) is 2.59. The van der Waals surface area contributed by atoms with Gasteiger partial charge in [-0.3, -0.25) is 0 Å². The first-order valence-electron chi connectivity index (χ1n) is 7.33. The Balaban J connectivity index is 2.25. The molecule has 0 N–H and O–H groups in total. The predicted octanol–water partition coefficient (Wildman–Crippen LogP) is 3.71. The molecule has 0 aliphatic carbocycles. The van der Waals surface area contributed by atoms with E-state index in [-0.39, 0.29) is 0 Å². The lowest BCUT2D eigenvalue weighted by Crippen LogP contribution is -2.31. The van der Waals surface area contributed by atoms with E-state index in [1.165, 1.54) is 0 Å². The Hall–Kier alpha value is -0.650. The van der Waals surface area contributed by atoms with Gasteiger partial charge in [-0.15, -0.1) is 11.6 Å². The fourth-order valence-corrected chi connectivity index (χ4v) is 2.82. The fraction of sp³-hybridized carbons (Fsp3) is 0.600. The first kappa shape index (κ1) is 16.7. The SMILES string of the molecule is CCC(C)N(C)CCn1c(CCCl)nc2cc(Br)cnc21. The number of pyridine rings is 1. The average Bonchev–Trinajstić information content (AvgIpc) is 2.80. The van der Waals surface area contributed by atoms with Crippen LogP contribution in [-0.2, 0) is 13.0 Å². The molecule has 1 atom stereocenters. The van der Waals surface area contributed by atoms with E-state index in [2.05, 4.69) is 56.3 Å². The highest BCUT2D eigenvalue weighted by molar-refractivity contribution is 9.10. The number of imidazole rings is 1. The predicted molar refractivity (Wildman–Crippen MR) is 92.0 cm³/mol. The first-order valence-corrected chi connectivity index (χ1v) is 8.66. The van der Waals surface area contributed by atoms with Crippen molar-refractivity contribution in [3.05, 3.63) is 22.6 Å². The maximum Gasteiger partial charge on any atom is 0.160 e. The Morgan fingerprint density at radius 3 is 2.90 bits per heavy atom. The number of hydrogen-bond acceptors (Lipinski definition) is 3. The van der Waals surface area contributed by atoms with Crippen LogP contribution in [-0.4, -0.2) is 44.9 Å². The van der Waals surface area contributed by atoms with Gasteiger partial charge in [-0.1, -0.05) is 6.92 Å². The van der Waals surface area contributed by atoms with E-state index < -0.39 is 0 Å². The number of halogens is 2. The van der Waals surface area contributed by atoms with E-state index in [1.54, 1.807) is 0 Å². The molecule has 2 rings (SSSR count). The van der Waals surface area contributed by atoms with Crippen LogP contribution >= 0.6 is 27.5 Å². The van der Waals surface area contributed by atoms with Crippen LogP contribution in [0.5, 0.6) is 0 Å². The highest BCUT2D eigenvalue weighted by Crippen LogP contribution is 2.19. The molecule has 0 aromatic carbocycles. The summed E-state index contributed by atoms with van der Waals surface area (Å²) < 4.78 is 3.15. The van der Waals surface area contributed by atoms with E-state index in [0.29, 0.717) is 11.9 Å². The smallest absolute Gasteiger partial charge is 0.160 e. The molecular formula is C15H22BrClN4. The molecule has 0 aliphatic heterocycles. The first-order chi connectivity index (χ1) is 10.1. The molecule has 0 amide bonds. The number of aryl methyl sites for hydroxylation is 1. The van der Waals surface area contributed by atoms with Gasteiger partial charge < -0.3 is 9.47 Å². The number of hydrogen-bond donors (Lipinski definition) is 0. The molecular weight excluding hydrogens is 352 g/mol. The van der Waals surface area contributed by atoms with Gasteiger partial charge in [0.15, 0.2) is 5.65 Å². The lowest BCUT2D eigenvalue weighted by Gasteiger charge is -2.24. The summed E-state index contributed by atoms with van der Waals surface area (Å²) in [5, 5.41) is 0. The van der Waals surface area contributed by atoms with Crippen molar-refractivity contribution in [3.8, 4) is 0 Å². The summed E-state index contributed by atoms with van der Waals surface area (Å²) in [5.41, 5.74) is 1.87. The number of aromatic nitrogens is 3. The molecule has 6 heteroatoms. The van der Waals surface area contributed by atoms with E-state index in [9.17, 15) is 0 Å². The number of nitrogens with zero attached hydrogens (tertiary/aromatic N) is 4. The highest BCUT2D eigenvalue weighted by atomic mass is 79.9. The van der Waals surface area contributed by atoms with Crippen LogP contribution in [0, 0.1) is 0 Å². The zero-order valence-corrected chi connectivity index (χ0v) is 15.2. The standard InChI is InChI=1S/C15H22BrClN4/c1-4-11(2)20(3)7-8-21-14(5-6-17)19-13-9-12(16)10-18-15(13)21/h9-11H,4-8H2,1-3H3. The van der Waals surface area contributed by atoms with Crippen molar-refractivity contribution in [1.82, 2.24) is 19.4 Å². The molecule has 1 unspecified atom stereocenters. The normalized spacial score (nSPS) is 13.2. The fourth-order valence-electron chi connectivity index (χ4n) is 2.33. The number of alkyl halides is 1. The third-order valence-electron chi connectivity index (χ3n) is 3.97. The lowest BCUT2D eigenvalue weighted by atomic mass is 10.2. The molecule has 0 bridgehead atoms. The number of rotatable bonds is 7. The van der Waals surface area contributed by atoms with E-state index >= 15 is 0 Å². The molecule has 0 aliphatic rings. The summed E-state index contributed by atoms with van der Waals surface area (Å²) in [5.74, 6) is 1.59. The topological polar surface area (TPSA) is 34.0 Å². The average molecular weight is 374 g/mol. The number of fused-ring (bicyclic) bond motifs is 1. The molecule has 4 nitrogen and oxygen atoms in total. The van der Waals surface area contributed by atoms with Crippen molar-refractivity contribution in [2.45, 2.75) is 39.3 Å². The minimum absolute atomic E-state index is 0.575. The van der Waals surface area contributed by atoms with Gasteiger partial charge in [0.1, 0.15) is 11.3 Å². The van der Waals surface area contributed by atoms with Crippen LogP contribution in [0.25, 0.3) is 11.2 Å². The molecule has 2 aromatic rings. The molecule has 0 fully saturated rings.